The van der Waals surface area contributed by atoms with Crippen molar-refractivity contribution in [2.24, 2.45) is 5.73 Å². The van der Waals surface area contributed by atoms with Crippen LogP contribution in [-0.2, 0) is 32.7 Å². The number of esters is 2. The highest BCUT2D eigenvalue weighted by Gasteiger charge is 2.26. The van der Waals surface area contributed by atoms with Gasteiger partial charge < -0.3 is 20.1 Å². The fourth-order valence-corrected chi connectivity index (χ4v) is 13.4. The van der Waals surface area contributed by atoms with Gasteiger partial charge in [-0.25, -0.2) is 4.57 Å². The fourth-order valence-electron chi connectivity index (χ4n) is 12.6. The maximum Gasteiger partial charge on any atom is 0.472 e. The van der Waals surface area contributed by atoms with E-state index in [1.807, 2.05) is 0 Å². The summed E-state index contributed by atoms with van der Waals surface area (Å²) >= 11 is 0. The van der Waals surface area contributed by atoms with Crippen molar-refractivity contribution < 1.29 is 37.6 Å². The molecule has 0 radical (unpaired) electrons. The van der Waals surface area contributed by atoms with E-state index in [1.54, 1.807) is 0 Å². The van der Waals surface area contributed by atoms with Gasteiger partial charge in [-0.05, 0) is 12.8 Å². The third kappa shape index (κ3) is 73.9. The van der Waals surface area contributed by atoms with E-state index in [0.29, 0.717) is 12.8 Å². The Labute approximate surface area is 543 Å². The van der Waals surface area contributed by atoms with E-state index < -0.39 is 26.5 Å². The summed E-state index contributed by atoms with van der Waals surface area (Å²) in [5.74, 6) is -0.794. The lowest BCUT2D eigenvalue weighted by molar-refractivity contribution is -0.161. The first-order valence-corrected chi connectivity index (χ1v) is 41.0. The molecule has 0 aliphatic carbocycles. The van der Waals surface area contributed by atoms with Crippen LogP contribution in [0.1, 0.15) is 450 Å². The molecule has 520 valence electrons. The van der Waals surface area contributed by atoms with Crippen molar-refractivity contribution in [2.75, 3.05) is 26.4 Å². The largest absolute Gasteiger partial charge is 0.472 e. The molecule has 87 heavy (non-hydrogen) atoms. The second kappa shape index (κ2) is 74.1. The Kier molecular flexibility index (Phi) is 73.2. The second-order valence-corrected chi connectivity index (χ2v) is 28.8. The van der Waals surface area contributed by atoms with Gasteiger partial charge in [0, 0.05) is 19.4 Å². The fraction of sp³-hybridized carbons (Fsp3) is 0.974. The molecule has 0 fully saturated rings. The minimum Gasteiger partial charge on any atom is -0.462 e. The predicted octanol–water partition coefficient (Wildman–Crippen LogP) is 26.1. The average molecular weight is 1250 g/mol. The third-order valence-corrected chi connectivity index (χ3v) is 19.5. The van der Waals surface area contributed by atoms with Crippen LogP contribution in [0.15, 0.2) is 0 Å². The van der Waals surface area contributed by atoms with Gasteiger partial charge >= 0.3 is 19.8 Å². The normalized spacial score (nSPS) is 12.7. The molecular formula is C77H154NO8P. The Hall–Kier alpha value is -0.990. The predicted molar refractivity (Wildman–Crippen MR) is 377 cm³/mol. The number of ether oxygens (including phenoxy) is 2. The van der Waals surface area contributed by atoms with Crippen molar-refractivity contribution in [1.82, 2.24) is 0 Å². The minimum absolute atomic E-state index is 0.0590. The smallest absolute Gasteiger partial charge is 0.462 e. The Morgan fingerprint density at radius 1 is 0.299 bits per heavy atom. The molecule has 0 saturated heterocycles. The molecule has 0 amide bonds. The Balaban J connectivity index is 3.73. The van der Waals surface area contributed by atoms with E-state index in [1.165, 1.54) is 385 Å². The molecule has 2 atom stereocenters. The first kappa shape index (κ1) is 86.0. The van der Waals surface area contributed by atoms with E-state index in [-0.39, 0.29) is 32.1 Å². The minimum atomic E-state index is -4.39. The van der Waals surface area contributed by atoms with Crippen molar-refractivity contribution in [3.63, 3.8) is 0 Å². The molecule has 3 N–H and O–H groups in total. The summed E-state index contributed by atoms with van der Waals surface area (Å²) in [6, 6.07) is 0. The number of rotatable bonds is 77. The number of phosphoric acid groups is 1. The number of unbranched alkanes of at least 4 members (excludes halogenated alkanes) is 64. The summed E-state index contributed by atoms with van der Waals surface area (Å²) in [6.45, 7) is 3.86. The number of hydrogen-bond acceptors (Lipinski definition) is 8. The summed E-state index contributed by atoms with van der Waals surface area (Å²) in [7, 11) is -4.39. The van der Waals surface area contributed by atoms with E-state index in [4.69, 9.17) is 24.3 Å². The van der Waals surface area contributed by atoms with Crippen LogP contribution in [0.3, 0.4) is 0 Å². The molecule has 0 rings (SSSR count). The van der Waals surface area contributed by atoms with Gasteiger partial charge in [-0.2, -0.15) is 0 Å². The quantitative estimate of drug-likeness (QED) is 0.0347. The van der Waals surface area contributed by atoms with Crippen LogP contribution in [0.25, 0.3) is 0 Å². The standard InChI is InChI=1S/C77H154NO8P/c1-3-5-7-9-11-13-15-17-19-21-23-25-27-29-31-33-35-37-38-40-42-44-46-48-50-52-54-56-58-60-62-64-66-68-70-77(80)86-75(74-85-87(81,82)84-72-71-78)73-83-76(79)69-67-65-63-61-59-57-55-53-51-49-47-45-43-41-39-36-34-32-30-28-26-24-22-20-18-16-14-12-10-8-6-4-2/h75H,3-74,78H2,1-2H3,(H,81,82). The number of nitrogens with two attached hydrogens (primary N) is 1. The summed E-state index contributed by atoms with van der Waals surface area (Å²) in [4.78, 5) is 35.4. The molecule has 0 aromatic carbocycles. The molecular weight excluding hydrogens is 1100 g/mol. The lowest BCUT2D eigenvalue weighted by atomic mass is 10.0. The molecule has 0 spiro atoms. The molecule has 10 heteroatoms. The van der Waals surface area contributed by atoms with Gasteiger partial charge in [0.1, 0.15) is 6.61 Å². The molecule has 0 aliphatic heterocycles. The van der Waals surface area contributed by atoms with Gasteiger partial charge in [-0.15, -0.1) is 0 Å². The van der Waals surface area contributed by atoms with Crippen LogP contribution in [0.2, 0.25) is 0 Å². The maximum absolute atomic E-state index is 12.8. The molecule has 0 bridgehead atoms. The zero-order valence-electron chi connectivity index (χ0n) is 58.8. The van der Waals surface area contributed by atoms with Gasteiger partial charge in [-0.1, -0.05) is 425 Å². The number of hydrogen-bond donors (Lipinski definition) is 2. The first-order valence-electron chi connectivity index (χ1n) is 39.5. The molecule has 0 saturated carbocycles. The van der Waals surface area contributed by atoms with Crippen molar-refractivity contribution in [2.45, 2.75) is 457 Å². The SMILES string of the molecule is CCCCCCCCCCCCCCCCCCCCCCCCCCCCCCCCCCCCC(=O)OC(COC(=O)CCCCCCCCCCCCCCCCCCCCCCCCCCCCCCCCCC)COP(=O)(O)OCCN. The lowest BCUT2D eigenvalue weighted by Crippen LogP contribution is -2.29. The van der Waals surface area contributed by atoms with Gasteiger partial charge in [0.2, 0.25) is 0 Å². The van der Waals surface area contributed by atoms with Crippen LogP contribution in [0, 0.1) is 0 Å². The van der Waals surface area contributed by atoms with Crippen LogP contribution in [-0.4, -0.2) is 49.3 Å². The highest BCUT2D eigenvalue weighted by atomic mass is 31.2. The molecule has 2 unspecified atom stereocenters. The monoisotopic (exact) mass is 1250 g/mol. The Morgan fingerprint density at radius 3 is 0.701 bits per heavy atom. The molecule has 9 nitrogen and oxygen atoms in total. The van der Waals surface area contributed by atoms with E-state index in [9.17, 15) is 19.0 Å². The highest BCUT2D eigenvalue weighted by Crippen LogP contribution is 2.43. The third-order valence-electron chi connectivity index (χ3n) is 18.5. The van der Waals surface area contributed by atoms with Crippen molar-refractivity contribution in [1.29, 1.82) is 0 Å². The highest BCUT2D eigenvalue weighted by molar-refractivity contribution is 7.47. The zero-order valence-corrected chi connectivity index (χ0v) is 59.7. The van der Waals surface area contributed by atoms with Gasteiger partial charge in [0.05, 0.1) is 13.2 Å². The van der Waals surface area contributed by atoms with Crippen LogP contribution < -0.4 is 5.73 Å². The van der Waals surface area contributed by atoms with Crippen molar-refractivity contribution in [3.05, 3.63) is 0 Å². The topological polar surface area (TPSA) is 134 Å². The summed E-state index contributed by atoms with van der Waals surface area (Å²) in [5, 5.41) is 0. The van der Waals surface area contributed by atoms with Crippen LogP contribution >= 0.6 is 7.82 Å². The number of phosphoric ester groups is 1. The zero-order chi connectivity index (χ0) is 63.0. The maximum atomic E-state index is 12.8. The van der Waals surface area contributed by atoms with E-state index >= 15 is 0 Å². The lowest BCUT2D eigenvalue weighted by Gasteiger charge is -2.19. The molecule has 0 aromatic rings. The number of carbonyl (C=O) groups excluding carboxylic acids is 2. The van der Waals surface area contributed by atoms with Gasteiger partial charge in [0.15, 0.2) is 6.10 Å². The number of carbonyl (C=O) groups is 2. The van der Waals surface area contributed by atoms with Crippen molar-refractivity contribution >= 4 is 19.8 Å². The first-order chi connectivity index (χ1) is 42.8. The molecule has 0 aromatic heterocycles. The Morgan fingerprint density at radius 2 is 0.494 bits per heavy atom. The van der Waals surface area contributed by atoms with E-state index in [2.05, 4.69) is 13.8 Å². The second-order valence-electron chi connectivity index (χ2n) is 27.3. The summed E-state index contributed by atoms with van der Waals surface area (Å²) in [5.41, 5.74) is 5.41. The van der Waals surface area contributed by atoms with Crippen molar-refractivity contribution in [3.8, 4) is 0 Å². The summed E-state index contributed by atoms with van der Waals surface area (Å²) < 4.78 is 33.3. The van der Waals surface area contributed by atoms with Crippen LogP contribution in [0.5, 0.6) is 0 Å². The Bertz CT molecular complexity index is 1380. The molecule has 0 heterocycles. The summed E-state index contributed by atoms with van der Waals surface area (Å²) in [6.07, 6.45) is 89.7. The van der Waals surface area contributed by atoms with Gasteiger partial charge in [-0.3, -0.25) is 18.6 Å². The van der Waals surface area contributed by atoms with Crippen LogP contribution in [0.4, 0.5) is 0 Å². The van der Waals surface area contributed by atoms with Gasteiger partial charge in [0.25, 0.3) is 0 Å². The van der Waals surface area contributed by atoms with E-state index in [0.717, 1.165) is 32.1 Å². The average Bonchev–Trinajstić information content (AvgIpc) is 3.64. The molecule has 0 aliphatic rings.